The summed E-state index contributed by atoms with van der Waals surface area (Å²) in [7, 11) is 1.81. The maximum atomic E-state index is 11.8. The number of carbonyl (C=O) groups excluding carboxylic acids is 1. The number of rotatable bonds is 5. The minimum absolute atomic E-state index is 0.0589. The van der Waals surface area contributed by atoms with Crippen molar-refractivity contribution in [3.05, 3.63) is 24.2 Å². The van der Waals surface area contributed by atoms with Gasteiger partial charge in [-0.25, -0.2) is 0 Å². The number of nitrogens with zero attached hydrogens (tertiary/aromatic N) is 1. The molecule has 0 aromatic carbocycles. The maximum absolute atomic E-state index is 11.8. The van der Waals surface area contributed by atoms with Crippen molar-refractivity contribution in [2.45, 2.75) is 39.3 Å². The standard InChI is InChI=1S/C13H22N2O2/c1-13(2,3)14-7-5-12(16)15(4)9-11-6-8-17-10-11/h6,8,10,14H,5,7,9H2,1-4H3. The maximum Gasteiger partial charge on any atom is 0.223 e. The van der Waals surface area contributed by atoms with Crippen LogP contribution in [0.3, 0.4) is 0 Å². The van der Waals surface area contributed by atoms with Gasteiger partial charge in [0.15, 0.2) is 0 Å². The normalized spacial score (nSPS) is 11.5. The summed E-state index contributed by atoms with van der Waals surface area (Å²) in [6.45, 7) is 7.58. The molecule has 4 heteroatoms. The molecule has 0 aliphatic rings. The summed E-state index contributed by atoms with van der Waals surface area (Å²) < 4.78 is 4.97. The fourth-order valence-corrected chi connectivity index (χ4v) is 1.48. The lowest BCUT2D eigenvalue weighted by Gasteiger charge is -2.22. The highest BCUT2D eigenvalue weighted by molar-refractivity contribution is 5.76. The van der Waals surface area contributed by atoms with Gasteiger partial charge in [0.25, 0.3) is 0 Å². The molecule has 0 radical (unpaired) electrons. The molecular weight excluding hydrogens is 216 g/mol. The minimum atomic E-state index is 0.0589. The quantitative estimate of drug-likeness (QED) is 0.853. The number of hydrogen-bond donors (Lipinski definition) is 1. The Morgan fingerprint density at radius 2 is 2.18 bits per heavy atom. The van der Waals surface area contributed by atoms with Crippen molar-refractivity contribution in [2.24, 2.45) is 0 Å². The average molecular weight is 238 g/mol. The van der Waals surface area contributed by atoms with Crippen LogP contribution in [0.1, 0.15) is 32.8 Å². The molecule has 1 aromatic heterocycles. The first-order valence-corrected chi connectivity index (χ1v) is 5.88. The van der Waals surface area contributed by atoms with E-state index < -0.39 is 0 Å². The molecule has 0 bridgehead atoms. The van der Waals surface area contributed by atoms with Gasteiger partial charge in [-0.3, -0.25) is 4.79 Å². The molecular formula is C13H22N2O2. The lowest BCUT2D eigenvalue weighted by molar-refractivity contribution is -0.130. The fraction of sp³-hybridized carbons (Fsp3) is 0.615. The second-order valence-corrected chi connectivity index (χ2v) is 5.31. The Labute approximate surface area is 103 Å². The SMILES string of the molecule is CN(Cc1ccoc1)C(=O)CCNC(C)(C)C. The molecule has 0 unspecified atom stereocenters. The highest BCUT2D eigenvalue weighted by Crippen LogP contribution is 2.05. The topological polar surface area (TPSA) is 45.5 Å². The van der Waals surface area contributed by atoms with Crippen LogP contribution in [0.4, 0.5) is 0 Å². The van der Waals surface area contributed by atoms with Crippen LogP contribution in [-0.2, 0) is 11.3 Å². The monoisotopic (exact) mass is 238 g/mol. The summed E-state index contributed by atoms with van der Waals surface area (Å²) in [6.07, 6.45) is 3.80. The van der Waals surface area contributed by atoms with Gasteiger partial charge in [0.05, 0.1) is 12.5 Å². The Hall–Kier alpha value is -1.29. The van der Waals surface area contributed by atoms with E-state index in [4.69, 9.17) is 4.42 Å². The van der Waals surface area contributed by atoms with Crippen LogP contribution < -0.4 is 5.32 Å². The van der Waals surface area contributed by atoms with Gasteiger partial charge in [0, 0.05) is 37.7 Å². The molecule has 1 aromatic rings. The number of amides is 1. The van der Waals surface area contributed by atoms with E-state index in [1.54, 1.807) is 17.4 Å². The molecule has 0 saturated carbocycles. The summed E-state index contributed by atoms with van der Waals surface area (Å²) in [4.78, 5) is 13.5. The number of furan rings is 1. The predicted molar refractivity (Wildman–Crippen MR) is 67.6 cm³/mol. The first-order chi connectivity index (χ1) is 7.88. The molecule has 96 valence electrons. The summed E-state index contributed by atoms with van der Waals surface area (Å²) in [5.41, 5.74) is 1.08. The number of nitrogens with one attached hydrogen (secondary N) is 1. The Morgan fingerprint density at radius 1 is 1.47 bits per heavy atom. The average Bonchev–Trinajstić information content (AvgIpc) is 2.68. The van der Waals surface area contributed by atoms with E-state index in [1.165, 1.54) is 0 Å². The van der Waals surface area contributed by atoms with Gasteiger partial charge in [-0.1, -0.05) is 0 Å². The van der Waals surface area contributed by atoms with Gasteiger partial charge in [-0.05, 0) is 26.8 Å². The third-order valence-corrected chi connectivity index (χ3v) is 2.42. The Bertz CT molecular complexity index is 339. The van der Waals surface area contributed by atoms with Crippen molar-refractivity contribution >= 4 is 5.91 Å². The van der Waals surface area contributed by atoms with Crippen LogP contribution in [0, 0.1) is 0 Å². The Kier molecular flexibility index (Phi) is 4.75. The van der Waals surface area contributed by atoms with Gasteiger partial charge < -0.3 is 14.6 Å². The second kappa shape index (κ2) is 5.87. The highest BCUT2D eigenvalue weighted by Gasteiger charge is 2.12. The molecule has 1 heterocycles. The van der Waals surface area contributed by atoms with Crippen molar-refractivity contribution in [3.8, 4) is 0 Å². The molecule has 17 heavy (non-hydrogen) atoms. The molecule has 0 atom stereocenters. The van der Waals surface area contributed by atoms with E-state index in [1.807, 2.05) is 13.1 Å². The van der Waals surface area contributed by atoms with E-state index in [-0.39, 0.29) is 11.4 Å². The van der Waals surface area contributed by atoms with E-state index >= 15 is 0 Å². The van der Waals surface area contributed by atoms with E-state index in [9.17, 15) is 4.79 Å². The summed E-state index contributed by atoms with van der Waals surface area (Å²) >= 11 is 0. The zero-order valence-corrected chi connectivity index (χ0v) is 11.1. The molecule has 1 amide bonds. The summed E-state index contributed by atoms with van der Waals surface area (Å²) in [5, 5.41) is 3.30. The van der Waals surface area contributed by atoms with Crippen LogP contribution in [0.2, 0.25) is 0 Å². The molecule has 0 aliphatic heterocycles. The molecule has 1 rings (SSSR count). The number of carbonyl (C=O) groups is 1. The molecule has 0 fully saturated rings. The third-order valence-electron chi connectivity index (χ3n) is 2.42. The van der Waals surface area contributed by atoms with Crippen molar-refractivity contribution in [2.75, 3.05) is 13.6 Å². The Morgan fingerprint density at radius 3 is 2.71 bits per heavy atom. The highest BCUT2D eigenvalue weighted by atomic mass is 16.3. The van der Waals surface area contributed by atoms with E-state index in [0.29, 0.717) is 19.5 Å². The van der Waals surface area contributed by atoms with Crippen molar-refractivity contribution in [1.29, 1.82) is 0 Å². The zero-order valence-electron chi connectivity index (χ0n) is 11.1. The predicted octanol–water partition coefficient (Wildman–Crippen LogP) is 2.02. The molecule has 0 aliphatic carbocycles. The van der Waals surface area contributed by atoms with E-state index in [2.05, 4.69) is 26.1 Å². The smallest absolute Gasteiger partial charge is 0.223 e. The zero-order chi connectivity index (χ0) is 12.9. The summed E-state index contributed by atoms with van der Waals surface area (Å²) in [6, 6.07) is 1.87. The molecule has 0 saturated heterocycles. The second-order valence-electron chi connectivity index (χ2n) is 5.31. The van der Waals surface area contributed by atoms with Gasteiger partial charge in [0.1, 0.15) is 0 Å². The van der Waals surface area contributed by atoms with Crippen molar-refractivity contribution in [3.63, 3.8) is 0 Å². The van der Waals surface area contributed by atoms with Crippen molar-refractivity contribution in [1.82, 2.24) is 10.2 Å². The van der Waals surface area contributed by atoms with Gasteiger partial charge in [0.2, 0.25) is 5.91 Å². The first-order valence-electron chi connectivity index (χ1n) is 5.88. The van der Waals surface area contributed by atoms with Gasteiger partial charge >= 0.3 is 0 Å². The van der Waals surface area contributed by atoms with E-state index in [0.717, 1.165) is 5.56 Å². The molecule has 0 spiro atoms. The lowest BCUT2D eigenvalue weighted by atomic mass is 10.1. The van der Waals surface area contributed by atoms with Crippen LogP contribution >= 0.6 is 0 Å². The molecule has 1 N–H and O–H groups in total. The lowest BCUT2D eigenvalue weighted by Crippen LogP contribution is -2.38. The minimum Gasteiger partial charge on any atom is -0.472 e. The summed E-state index contributed by atoms with van der Waals surface area (Å²) in [5.74, 6) is 0.142. The van der Waals surface area contributed by atoms with Crippen LogP contribution in [0.5, 0.6) is 0 Å². The van der Waals surface area contributed by atoms with Gasteiger partial charge in [-0.2, -0.15) is 0 Å². The fourth-order valence-electron chi connectivity index (χ4n) is 1.48. The first kappa shape index (κ1) is 13.8. The third kappa shape index (κ3) is 5.54. The van der Waals surface area contributed by atoms with Gasteiger partial charge in [-0.15, -0.1) is 0 Å². The molecule has 4 nitrogen and oxygen atoms in total. The van der Waals surface area contributed by atoms with Crippen LogP contribution in [-0.4, -0.2) is 29.9 Å². The van der Waals surface area contributed by atoms with Crippen LogP contribution in [0.15, 0.2) is 23.0 Å². The van der Waals surface area contributed by atoms with Crippen molar-refractivity contribution < 1.29 is 9.21 Å². The Balaban J connectivity index is 2.28. The van der Waals surface area contributed by atoms with Crippen LogP contribution in [0.25, 0.3) is 0 Å². The number of hydrogen-bond acceptors (Lipinski definition) is 3. The largest absolute Gasteiger partial charge is 0.472 e.